The molecular weight excluding hydrogens is 440 g/mol. The Morgan fingerprint density at radius 1 is 1.32 bits per heavy atom. The number of aromatic nitrogens is 2. The Hall–Kier alpha value is -3.56. The molecular formula is C24H30N4O6. The normalized spacial score (nSPS) is 21.0. The molecule has 0 unspecified atom stereocenters. The topological polar surface area (TPSA) is 134 Å². The third kappa shape index (κ3) is 5.00. The molecule has 1 saturated carbocycles. The van der Waals surface area contributed by atoms with Crippen LogP contribution in [-0.2, 0) is 9.53 Å². The lowest BCUT2D eigenvalue weighted by molar-refractivity contribution is -0.118. The van der Waals surface area contributed by atoms with E-state index in [4.69, 9.17) is 9.47 Å². The molecule has 10 heteroatoms. The highest BCUT2D eigenvalue weighted by atomic mass is 16.6. The maximum atomic E-state index is 12.4. The van der Waals surface area contributed by atoms with Crippen LogP contribution in [0, 0.1) is 6.92 Å². The summed E-state index contributed by atoms with van der Waals surface area (Å²) >= 11 is 0. The van der Waals surface area contributed by atoms with Crippen molar-refractivity contribution in [3.8, 4) is 11.5 Å². The van der Waals surface area contributed by atoms with E-state index < -0.39 is 5.91 Å². The number of carbonyl (C=O) groups excluding carboxylic acids is 3. The second-order valence-corrected chi connectivity index (χ2v) is 9.59. The number of nitrogens with one attached hydrogen (secondary N) is 2. The molecule has 1 aromatic carbocycles. The van der Waals surface area contributed by atoms with Gasteiger partial charge in [0.05, 0.1) is 5.56 Å². The molecule has 10 nitrogen and oxygen atoms in total. The van der Waals surface area contributed by atoms with Gasteiger partial charge in [0.15, 0.2) is 18.7 Å². The number of benzene rings is 1. The maximum absolute atomic E-state index is 12.4. The molecule has 2 fully saturated rings. The SMILES string of the molecule is Cc1cc(O)c(C=O)c(OCC(=O)Nc2cc([C@H]3CC[C@@H](OC(=O)N4CCC4(C)C)C3)[nH]n2)c1. The fourth-order valence-electron chi connectivity index (χ4n) is 4.46. The van der Waals surface area contributed by atoms with Crippen LogP contribution in [0.3, 0.4) is 0 Å². The molecule has 1 aliphatic carbocycles. The van der Waals surface area contributed by atoms with E-state index in [2.05, 4.69) is 15.5 Å². The second kappa shape index (κ2) is 9.36. The predicted octanol–water partition coefficient (Wildman–Crippen LogP) is 3.51. The largest absolute Gasteiger partial charge is 0.507 e. The van der Waals surface area contributed by atoms with Crippen molar-refractivity contribution in [1.82, 2.24) is 15.1 Å². The van der Waals surface area contributed by atoms with Crippen LogP contribution in [0.25, 0.3) is 0 Å². The van der Waals surface area contributed by atoms with Gasteiger partial charge in [-0.05, 0) is 64.2 Å². The number of aldehydes is 1. The molecule has 2 aliphatic rings. The standard InChI is InChI=1S/C24H30N4O6/c1-14-8-19(30)17(12-29)20(9-14)33-13-22(31)25-21-11-18(26-27-21)15-4-5-16(10-15)34-23(32)28-7-6-24(28,2)3/h8-9,11-12,15-16,30H,4-7,10,13H2,1-3H3,(H2,25,26,27,31)/t15-,16+/m0/s1. The predicted molar refractivity (Wildman–Crippen MR) is 123 cm³/mol. The molecule has 2 amide bonds. The molecule has 34 heavy (non-hydrogen) atoms. The van der Waals surface area contributed by atoms with Crippen LogP contribution >= 0.6 is 0 Å². The summed E-state index contributed by atoms with van der Waals surface area (Å²) < 4.78 is 11.1. The molecule has 0 bridgehead atoms. The van der Waals surface area contributed by atoms with Crippen molar-refractivity contribution in [2.75, 3.05) is 18.5 Å². The minimum Gasteiger partial charge on any atom is -0.507 e. The van der Waals surface area contributed by atoms with E-state index in [1.54, 1.807) is 24.0 Å². The Balaban J connectivity index is 1.27. The van der Waals surface area contributed by atoms with Crippen LogP contribution in [0.5, 0.6) is 11.5 Å². The highest BCUT2D eigenvalue weighted by molar-refractivity contribution is 5.91. The summed E-state index contributed by atoms with van der Waals surface area (Å²) in [6.45, 7) is 6.20. The third-order valence-electron chi connectivity index (χ3n) is 6.60. The Kier molecular flexibility index (Phi) is 6.49. The molecule has 2 heterocycles. The number of hydrogen-bond donors (Lipinski definition) is 3. The third-order valence-corrected chi connectivity index (χ3v) is 6.60. The van der Waals surface area contributed by atoms with Crippen molar-refractivity contribution in [2.45, 2.75) is 64.0 Å². The average molecular weight is 471 g/mol. The summed E-state index contributed by atoms with van der Waals surface area (Å²) in [7, 11) is 0. The molecule has 1 saturated heterocycles. The quantitative estimate of drug-likeness (QED) is 0.527. The molecule has 0 spiro atoms. The van der Waals surface area contributed by atoms with Gasteiger partial charge in [-0.3, -0.25) is 14.7 Å². The molecule has 182 valence electrons. The van der Waals surface area contributed by atoms with Gasteiger partial charge < -0.3 is 24.8 Å². The van der Waals surface area contributed by atoms with Gasteiger partial charge in [-0.1, -0.05) is 0 Å². The number of aryl methyl sites for hydroxylation is 1. The fraction of sp³-hybridized carbons (Fsp3) is 0.500. The van der Waals surface area contributed by atoms with Crippen molar-refractivity contribution in [3.63, 3.8) is 0 Å². The van der Waals surface area contributed by atoms with Crippen LogP contribution in [0.1, 0.15) is 67.1 Å². The van der Waals surface area contributed by atoms with Gasteiger partial charge in [-0.25, -0.2) is 4.79 Å². The monoisotopic (exact) mass is 470 g/mol. The number of aromatic hydroxyl groups is 1. The number of phenols is 1. The van der Waals surface area contributed by atoms with Gasteiger partial charge >= 0.3 is 6.09 Å². The van der Waals surface area contributed by atoms with Gasteiger partial charge in [0.2, 0.25) is 0 Å². The lowest BCUT2D eigenvalue weighted by Crippen LogP contribution is -2.58. The van der Waals surface area contributed by atoms with Crippen molar-refractivity contribution in [2.24, 2.45) is 0 Å². The summed E-state index contributed by atoms with van der Waals surface area (Å²) in [5.41, 5.74) is 1.43. The van der Waals surface area contributed by atoms with Crippen molar-refractivity contribution in [3.05, 3.63) is 35.0 Å². The van der Waals surface area contributed by atoms with Gasteiger partial charge in [0.25, 0.3) is 5.91 Å². The molecule has 2 aromatic rings. The first-order chi connectivity index (χ1) is 16.2. The van der Waals surface area contributed by atoms with E-state index in [0.29, 0.717) is 24.1 Å². The number of nitrogens with zero attached hydrogens (tertiary/aromatic N) is 2. The number of phenolic OH excluding ortho intramolecular Hbond substituents is 1. The van der Waals surface area contributed by atoms with Crippen LogP contribution in [0.15, 0.2) is 18.2 Å². The van der Waals surface area contributed by atoms with Crippen LogP contribution in [0.4, 0.5) is 10.6 Å². The van der Waals surface area contributed by atoms with E-state index in [0.717, 1.165) is 31.5 Å². The fourth-order valence-corrected chi connectivity index (χ4v) is 4.46. The Labute approximate surface area is 197 Å². The Morgan fingerprint density at radius 3 is 2.79 bits per heavy atom. The molecule has 2 atom stereocenters. The summed E-state index contributed by atoms with van der Waals surface area (Å²) in [4.78, 5) is 37.7. The number of aromatic amines is 1. The van der Waals surface area contributed by atoms with Crippen LogP contribution in [0.2, 0.25) is 0 Å². The van der Waals surface area contributed by atoms with Gasteiger partial charge in [-0.15, -0.1) is 0 Å². The number of hydrogen-bond acceptors (Lipinski definition) is 7. The molecule has 0 radical (unpaired) electrons. The van der Waals surface area contributed by atoms with Gasteiger partial charge in [0.1, 0.15) is 17.6 Å². The highest BCUT2D eigenvalue weighted by Gasteiger charge is 2.42. The van der Waals surface area contributed by atoms with E-state index in [1.165, 1.54) is 6.07 Å². The first-order valence-corrected chi connectivity index (χ1v) is 11.4. The minimum absolute atomic E-state index is 0.00499. The number of amides is 2. The molecule has 3 N–H and O–H groups in total. The zero-order valence-electron chi connectivity index (χ0n) is 19.6. The number of rotatable bonds is 7. The zero-order valence-corrected chi connectivity index (χ0v) is 19.6. The van der Waals surface area contributed by atoms with Crippen molar-refractivity contribution < 1.29 is 29.0 Å². The lowest BCUT2D eigenvalue weighted by atomic mass is 9.90. The number of anilines is 1. The zero-order chi connectivity index (χ0) is 24.5. The number of likely N-dealkylation sites (tertiary alicyclic amines) is 1. The smallest absolute Gasteiger partial charge is 0.410 e. The van der Waals surface area contributed by atoms with E-state index in [9.17, 15) is 19.5 Å². The summed E-state index contributed by atoms with van der Waals surface area (Å²) in [6.07, 6.45) is 3.41. The van der Waals surface area contributed by atoms with E-state index in [1.807, 2.05) is 13.8 Å². The second-order valence-electron chi connectivity index (χ2n) is 9.59. The number of H-pyrrole nitrogens is 1. The molecule has 1 aromatic heterocycles. The molecule has 1 aliphatic heterocycles. The average Bonchev–Trinajstić information content (AvgIpc) is 3.40. The highest BCUT2D eigenvalue weighted by Crippen LogP contribution is 2.37. The van der Waals surface area contributed by atoms with Gasteiger partial charge in [-0.2, -0.15) is 5.10 Å². The Bertz CT molecular complexity index is 1100. The van der Waals surface area contributed by atoms with E-state index in [-0.39, 0.29) is 47.3 Å². The maximum Gasteiger partial charge on any atom is 0.410 e. The summed E-state index contributed by atoms with van der Waals surface area (Å²) in [5.74, 6) is -0.00241. The van der Waals surface area contributed by atoms with E-state index >= 15 is 0 Å². The van der Waals surface area contributed by atoms with Crippen LogP contribution < -0.4 is 10.1 Å². The van der Waals surface area contributed by atoms with Crippen LogP contribution in [-0.4, -0.2) is 63.3 Å². The van der Waals surface area contributed by atoms with Gasteiger partial charge in [0, 0.05) is 29.8 Å². The van der Waals surface area contributed by atoms with Crippen molar-refractivity contribution in [1.29, 1.82) is 0 Å². The summed E-state index contributed by atoms with van der Waals surface area (Å²) in [5, 5.41) is 19.6. The lowest BCUT2D eigenvalue weighted by Gasteiger charge is -2.47. The molecule has 4 rings (SSSR count). The number of ether oxygens (including phenoxy) is 2. The minimum atomic E-state index is -0.453. The van der Waals surface area contributed by atoms with Crippen molar-refractivity contribution >= 4 is 24.1 Å². The number of carbonyl (C=O) groups is 3. The first-order valence-electron chi connectivity index (χ1n) is 11.4. The summed E-state index contributed by atoms with van der Waals surface area (Å²) in [6, 6.07) is 4.79. The first kappa shape index (κ1) is 23.6. The Morgan fingerprint density at radius 2 is 2.12 bits per heavy atom.